The highest BCUT2D eigenvalue weighted by atomic mass is 16.5. The molecule has 0 amide bonds. The van der Waals surface area contributed by atoms with Gasteiger partial charge in [-0.05, 0) is 35.4 Å². The highest BCUT2D eigenvalue weighted by molar-refractivity contribution is 5.79. The number of para-hydroxylation sites is 2. The van der Waals surface area contributed by atoms with Crippen molar-refractivity contribution in [3.63, 3.8) is 0 Å². The van der Waals surface area contributed by atoms with Crippen LogP contribution in [-0.2, 0) is 27.3 Å². The summed E-state index contributed by atoms with van der Waals surface area (Å²) in [5, 5.41) is 0. The van der Waals surface area contributed by atoms with Gasteiger partial charge in [-0.25, -0.2) is 0 Å². The molecule has 1 aliphatic heterocycles. The van der Waals surface area contributed by atoms with E-state index in [-0.39, 0.29) is 0 Å². The number of nitrogen functional groups attached to an aromatic ring is 1. The Hall–Kier alpha value is -3.14. The fraction of sp³-hybridized carbons (Fsp3) is 0.400. The maximum absolute atomic E-state index is 6.18. The van der Waals surface area contributed by atoms with Gasteiger partial charge in [-0.3, -0.25) is 19.8 Å². The van der Waals surface area contributed by atoms with Crippen LogP contribution in [0.4, 0.5) is 11.4 Å². The maximum Gasteiger partial charge on any atom is 0.0812 e. The third kappa shape index (κ3) is 9.63. The number of ether oxygens (including phenoxy) is 3. The van der Waals surface area contributed by atoms with E-state index in [0.717, 1.165) is 67.5 Å². The molecule has 0 unspecified atom stereocenters. The summed E-state index contributed by atoms with van der Waals surface area (Å²) in [5.74, 6) is 0. The van der Waals surface area contributed by atoms with Gasteiger partial charge in [-0.2, -0.15) is 0 Å². The van der Waals surface area contributed by atoms with Crippen LogP contribution in [0.5, 0.6) is 0 Å². The minimum atomic E-state index is 0.584. The molecule has 8 nitrogen and oxygen atoms in total. The molecule has 1 saturated heterocycles. The highest BCUT2D eigenvalue weighted by Gasteiger charge is 2.12. The summed E-state index contributed by atoms with van der Waals surface area (Å²) < 4.78 is 17.8. The van der Waals surface area contributed by atoms with Crippen molar-refractivity contribution in [3.8, 4) is 0 Å². The third-order valence-electron chi connectivity index (χ3n) is 6.44. The molecule has 2 heterocycles. The Kier molecular flexibility index (Phi) is 11.7. The van der Waals surface area contributed by atoms with E-state index in [9.17, 15) is 0 Å². The van der Waals surface area contributed by atoms with Crippen LogP contribution in [0, 0.1) is 0 Å². The van der Waals surface area contributed by atoms with Crippen LogP contribution in [0.3, 0.4) is 0 Å². The molecule has 1 aromatic heterocycles. The number of anilines is 1. The van der Waals surface area contributed by atoms with E-state index < -0.39 is 0 Å². The summed E-state index contributed by atoms with van der Waals surface area (Å²) in [4.78, 5) is 13.8. The van der Waals surface area contributed by atoms with Crippen LogP contribution >= 0.6 is 0 Å². The molecule has 202 valence electrons. The number of hydrogen-bond acceptors (Lipinski definition) is 8. The number of nitrogens with two attached hydrogens (primary N) is 1. The smallest absolute Gasteiger partial charge is 0.0812 e. The van der Waals surface area contributed by atoms with Gasteiger partial charge in [0.25, 0.3) is 0 Å². The largest absolute Gasteiger partial charge is 0.398 e. The van der Waals surface area contributed by atoms with Crippen LogP contribution in [0.1, 0.15) is 16.8 Å². The molecule has 1 aliphatic rings. The predicted octanol–water partition coefficient (Wildman–Crippen LogP) is 3.78. The quantitative estimate of drug-likeness (QED) is 0.393. The molecule has 0 aliphatic carbocycles. The number of benzene rings is 2. The SMILES string of the molecule is Nc1ccccc1CN1CCOCCOCCN(Cc2ccccc2N=Cc2ccccn2)CCOCC1. The molecular weight excluding hydrogens is 478 g/mol. The second-order valence-corrected chi connectivity index (χ2v) is 9.23. The predicted molar refractivity (Wildman–Crippen MR) is 152 cm³/mol. The van der Waals surface area contributed by atoms with Crippen LogP contribution < -0.4 is 5.73 Å². The minimum absolute atomic E-state index is 0.584. The van der Waals surface area contributed by atoms with Crippen molar-refractivity contribution in [2.24, 2.45) is 4.99 Å². The van der Waals surface area contributed by atoms with E-state index >= 15 is 0 Å². The number of aliphatic imine (C=N–C) groups is 1. The van der Waals surface area contributed by atoms with Crippen molar-refractivity contribution in [1.29, 1.82) is 0 Å². The zero-order chi connectivity index (χ0) is 26.3. The van der Waals surface area contributed by atoms with E-state index in [1.807, 2.05) is 54.7 Å². The van der Waals surface area contributed by atoms with Crippen LogP contribution in [-0.4, -0.2) is 86.8 Å². The zero-order valence-electron chi connectivity index (χ0n) is 22.1. The fourth-order valence-corrected chi connectivity index (χ4v) is 4.26. The van der Waals surface area contributed by atoms with Gasteiger partial charge in [0.2, 0.25) is 0 Å². The number of nitrogens with zero attached hydrogens (tertiary/aromatic N) is 4. The lowest BCUT2D eigenvalue weighted by molar-refractivity contribution is 0.0311. The highest BCUT2D eigenvalue weighted by Crippen LogP contribution is 2.20. The Labute approximate surface area is 226 Å². The normalized spacial score (nSPS) is 17.7. The van der Waals surface area contributed by atoms with Gasteiger partial charge in [0.15, 0.2) is 0 Å². The number of hydrogen-bond donors (Lipinski definition) is 1. The number of aromatic nitrogens is 1. The van der Waals surface area contributed by atoms with Crippen molar-refractivity contribution in [3.05, 3.63) is 89.7 Å². The lowest BCUT2D eigenvalue weighted by Gasteiger charge is -2.24. The Bertz CT molecular complexity index is 1110. The van der Waals surface area contributed by atoms with Gasteiger partial charge < -0.3 is 19.9 Å². The first-order chi connectivity index (χ1) is 18.8. The molecule has 2 N–H and O–H groups in total. The van der Waals surface area contributed by atoms with E-state index in [0.29, 0.717) is 39.6 Å². The Morgan fingerprint density at radius 1 is 0.684 bits per heavy atom. The maximum atomic E-state index is 6.18. The summed E-state index contributed by atoms with van der Waals surface area (Å²) in [6.07, 6.45) is 3.59. The van der Waals surface area contributed by atoms with Crippen LogP contribution in [0.15, 0.2) is 77.9 Å². The molecule has 3 aromatic rings. The molecule has 0 spiro atoms. The molecule has 0 saturated carbocycles. The molecule has 4 rings (SSSR count). The number of rotatable bonds is 6. The van der Waals surface area contributed by atoms with Gasteiger partial charge in [0.1, 0.15) is 0 Å². The Morgan fingerprint density at radius 3 is 1.87 bits per heavy atom. The molecule has 0 atom stereocenters. The summed E-state index contributed by atoms with van der Waals surface area (Å²) in [7, 11) is 0. The average Bonchev–Trinajstić information content (AvgIpc) is 2.95. The minimum Gasteiger partial charge on any atom is -0.398 e. The molecular formula is C30H39N5O3. The first-order valence-corrected chi connectivity index (χ1v) is 13.3. The molecule has 8 heteroatoms. The molecule has 1 fully saturated rings. The lowest BCUT2D eigenvalue weighted by atomic mass is 10.1. The van der Waals surface area contributed by atoms with Gasteiger partial charge in [0, 0.05) is 51.2 Å². The summed E-state index contributed by atoms with van der Waals surface area (Å²) in [6.45, 7) is 8.56. The standard InChI is InChI=1S/C30H39N5O3/c31-29-10-3-1-7-26(29)24-34-13-17-36-18-14-35(16-20-38-22-21-37-19-15-34)25-27-8-2-4-11-30(27)33-23-28-9-5-6-12-32-28/h1-12,23H,13-22,24-25,31H2. The first-order valence-electron chi connectivity index (χ1n) is 13.3. The topological polar surface area (TPSA) is 85.4 Å². The Balaban J connectivity index is 1.34. The van der Waals surface area contributed by atoms with Crippen molar-refractivity contribution in [1.82, 2.24) is 14.8 Å². The molecule has 0 bridgehead atoms. The fourth-order valence-electron chi connectivity index (χ4n) is 4.26. The van der Waals surface area contributed by atoms with Gasteiger partial charge in [0.05, 0.1) is 57.2 Å². The van der Waals surface area contributed by atoms with Gasteiger partial charge in [-0.15, -0.1) is 0 Å². The summed E-state index contributed by atoms with van der Waals surface area (Å²) in [6, 6.07) is 22.1. The molecule has 2 aromatic carbocycles. The molecule has 0 radical (unpaired) electrons. The average molecular weight is 518 g/mol. The first kappa shape index (κ1) is 27.9. The van der Waals surface area contributed by atoms with Crippen molar-refractivity contribution < 1.29 is 14.2 Å². The van der Waals surface area contributed by atoms with Crippen LogP contribution in [0.25, 0.3) is 0 Å². The van der Waals surface area contributed by atoms with E-state index in [4.69, 9.17) is 24.9 Å². The zero-order valence-corrected chi connectivity index (χ0v) is 22.1. The molecule has 38 heavy (non-hydrogen) atoms. The Morgan fingerprint density at radius 2 is 1.24 bits per heavy atom. The number of pyridine rings is 1. The van der Waals surface area contributed by atoms with E-state index in [1.165, 1.54) is 0 Å². The monoisotopic (exact) mass is 517 g/mol. The van der Waals surface area contributed by atoms with Crippen molar-refractivity contribution in [2.45, 2.75) is 13.1 Å². The second-order valence-electron chi connectivity index (χ2n) is 9.23. The lowest BCUT2D eigenvalue weighted by Crippen LogP contribution is -2.33. The van der Waals surface area contributed by atoms with Crippen LogP contribution in [0.2, 0.25) is 0 Å². The van der Waals surface area contributed by atoms with Gasteiger partial charge >= 0.3 is 0 Å². The van der Waals surface area contributed by atoms with Crippen molar-refractivity contribution >= 4 is 17.6 Å². The second kappa shape index (κ2) is 16.0. The summed E-state index contributed by atoms with van der Waals surface area (Å²) >= 11 is 0. The van der Waals surface area contributed by atoms with Gasteiger partial charge in [-0.1, -0.05) is 42.5 Å². The summed E-state index contributed by atoms with van der Waals surface area (Å²) in [5.41, 5.74) is 11.1. The van der Waals surface area contributed by atoms with Crippen molar-refractivity contribution in [2.75, 3.05) is 71.6 Å². The third-order valence-corrected chi connectivity index (χ3v) is 6.44. The van der Waals surface area contributed by atoms with E-state index in [1.54, 1.807) is 6.20 Å². The van der Waals surface area contributed by atoms with E-state index in [2.05, 4.69) is 33.0 Å².